The molecule has 0 atom stereocenters. The van der Waals surface area contributed by atoms with Gasteiger partial charge in [0.25, 0.3) is 0 Å². The quantitative estimate of drug-likeness (QED) is 0.173. The molecule has 0 aromatic heterocycles. The summed E-state index contributed by atoms with van der Waals surface area (Å²) in [5, 5.41) is 6.61. The van der Waals surface area contributed by atoms with Crippen molar-refractivity contribution in [2.45, 2.75) is 32.9 Å². The van der Waals surface area contributed by atoms with Gasteiger partial charge < -0.3 is 24.8 Å². The third kappa shape index (κ3) is 11.9. The van der Waals surface area contributed by atoms with E-state index in [2.05, 4.69) is 15.6 Å². The summed E-state index contributed by atoms with van der Waals surface area (Å²) in [6.45, 7) is 6.96. The van der Waals surface area contributed by atoms with Crippen LogP contribution in [0.5, 0.6) is 5.75 Å². The first-order chi connectivity index (χ1) is 14.6. The molecule has 2 rings (SSSR count). The van der Waals surface area contributed by atoms with Crippen molar-refractivity contribution in [3.63, 3.8) is 0 Å². The lowest BCUT2D eigenvalue weighted by Gasteiger charge is -2.14. The summed E-state index contributed by atoms with van der Waals surface area (Å²) in [7, 11) is 1.65. The molecule has 0 unspecified atom stereocenters. The highest BCUT2D eigenvalue weighted by Crippen LogP contribution is 2.17. The van der Waals surface area contributed by atoms with Gasteiger partial charge in [0.1, 0.15) is 11.6 Å². The second-order valence-corrected chi connectivity index (χ2v) is 6.99. The maximum atomic E-state index is 13.1. The molecule has 0 aliphatic rings. The highest BCUT2D eigenvalue weighted by molar-refractivity contribution is 14.0. The Morgan fingerprint density at radius 1 is 1.00 bits per heavy atom. The zero-order valence-corrected chi connectivity index (χ0v) is 20.7. The van der Waals surface area contributed by atoms with Crippen LogP contribution < -0.4 is 15.4 Å². The molecule has 8 heteroatoms. The minimum Gasteiger partial charge on any atom is -0.491 e. The fourth-order valence-electron chi connectivity index (χ4n) is 2.55. The van der Waals surface area contributed by atoms with Gasteiger partial charge in [-0.2, -0.15) is 0 Å². The van der Waals surface area contributed by atoms with E-state index in [-0.39, 0.29) is 35.9 Å². The van der Waals surface area contributed by atoms with E-state index in [9.17, 15) is 4.39 Å². The maximum absolute atomic E-state index is 13.1. The largest absolute Gasteiger partial charge is 0.491 e. The molecule has 0 fully saturated rings. The summed E-state index contributed by atoms with van der Waals surface area (Å²) in [6.07, 6.45) is 0.965. The Bertz CT molecular complexity index is 756. The van der Waals surface area contributed by atoms with E-state index in [4.69, 9.17) is 14.2 Å². The second kappa shape index (κ2) is 15.8. The van der Waals surface area contributed by atoms with E-state index < -0.39 is 0 Å². The number of ether oxygens (including phenoxy) is 3. The van der Waals surface area contributed by atoms with Gasteiger partial charge in [0, 0.05) is 25.9 Å². The molecular weight excluding hydrogens is 512 g/mol. The van der Waals surface area contributed by atoms with E-state index in [1.165, 1.54) is 12.1 Å². The Labute approximate surface area is 201 Å². The van der Waals surface area contributed by atoms with Crippen molar-refractivity contribution in [2.24, 2.45) is 4.99 Å². The summed E-state index contributed by atoms with van der Waals surface area (Å²) in [5.41, 5.74) is 1.83. The van der Waals surface area contributed by atoms with Gasteiger partial charge in [-0.25, -0.2) is 9.38 Å². The number of aliphatic imine (C=N–C) groups is 1. The Morgan fingerprint density at radius 3 is 2.35 bits per heavy atom. The average Bonchev–Trinajstić information content (AvgIpc) is 2.73. The fraction of sp³-hybridized carbons (Fsp3) is 0.435. The number of hydrogen-bond acceptors (Lipinski definition) is 4. The highest BCUT2D eigenvalue weighted by Gasteiger charge is 2.03. The van der Waals surface area contributed by atoms with Crippen LogP contribution in [0.2, 0.25) is 0 Å². The van der Waals surface area contributed by atoms with Gasteiger partial charge >= 0.3 is 0 Å². The van der Waals surface area contributed by atoms with E-state index in [0.717, 1.165) is 23.4 Å². The van der Waals surface area contributed by atoms with Gasteiger partial charge in [-0.3, -0.25) is 0 Å². The van der Waals surface area contributed by atoms with Crippen LogP contribution in [0.1, 0.15) is 25.8 Å². The van der Waals surface area contributed by atoms with Gasteiger partial charge in [-0.15, -0.1) is 24.0 Å². The molecule has 31 heavy (non-hydrogen) atoms. The summed E-state index contributed by atoms with van der Waals surface area (Å²) in [5.74, 6) is 1.21. The number of nitrogens with one attached hydrogen (secondary N) is 2. The van der Waals surface area contributed by atoms with Crippen LogP contribution >= 0.6 is 24.0 Å². The van der Waals surface area contributed by atoms with Crippen LogP contribution in [0.25, 0.3) is 0 Å². The molecule has 0 saturated heterocycles. The highest BCUT2D eigenvalue weighted by atomic mass is 127. The van der Waals surface area contributed by atoms with Crippen LogP contribution in [0, 0.1) is 5.82 Å². The first-order valence-corrected chi connectivity index (χ1v) is 10.2. The van der Waals surface area contributed by atoms with Gasteiger partial charge in [0.15, 0.2) is 5.96 Å². The predicted octanol–water partition coefficient (Wildman–Crippen LogP) is 4.84. The van der Waals surface area contributed by atoms with Crippen molar-refractivity contribution in [1.29, 1.82) is 0 Å². The maximum Gasteiger partial charge on any atom is 0.196 e. The standard InChI is InChI=1S/C23H32FN3O3.HI/c1-18(2)30-22-11-9-21(10-12-22)27-23(25-13-4-14-29-16-15-28-3)26-17-19-5-7-20(24)8-6-19;/h5-12,18H,4,13-17H2,1-3H3,(H2,25,26,27);1H. The molecular formula is C23H33FIN3O3. The fourth-order valence-corrected chi connectivity index (χ4v) is 2.55. The van der Waals surface area contributed by atoms with Crippen molar-refractivity contribution in [1.82, 2.24) is 5.32 Å². The molecule has 0 saturated carbocycles. The molecule has 0 aliphatic heterocycles. The first kappa shape index (κ1) is 27.1. The average molecular weight is 545 g/mol. The topological polar surface area (TPSA) is 64.1 Å². The first-order valence-electron chi connectivity index (χ1n) is 10.2. The molecule has 172 valence electrons. The SMILES string of the molecule is COCCOCCCNC(=NCc1ccc(F)cc1)Nc1ccc(OC(C)C)cc1.I. The molecule has 0 radical (unpaired) electrons. The Kier molecular flexibility index (Phi) is 13.8. The molecule has 0 heterocycles. The molecule has 2 aromatic rings. The smallest absolute Gasteiger partial charge is 0.196 e. The lowest BCUT2D eigenvalue weighted by Crippen LogP contribution is -2.32. The van der Waals surface area contributed by atoms with Gasteiger partial charge in [-0.05, 0) is 62.2 Å². The number of rotatable bonds is 12. The minimum absolute atomic E-state index is 0. The third-order valence-corrected chi connectivity index (χ3v) is 4.01. The molecule has 0 amide bonds. The van der Waals surface area contributed by atoms with Crippen LogP contribution in [0.15, 0.2) is 53.5 Å². The van der Waals surface area contributed by atoms with Gasteiger partial charge in [0.05, 0.1) is 25.9 Å². The zero-order chi connectivity index (χ0) is 21.6. The number of benzene rings is 2. The van der Waals surface area contributed by atoms with Gasteiger partial charge in [-0.1, -0.05) is 12.1 Å². The van der Waals surface area contributed by atoms with Crippen LogP contribution in [-0.2, 0) is 16.0 Å². The Morgan fingerprint density at radius 2 is 1.71 bits per heavy atom. The van der Waals surface area contributed by atoms with E-state index >= 15 is 0 Å². The van der Waals surface area contributed by atoms with Crippen molar-refractivity contribution in [3.8, 4) is 5.75 Å². The summed E-state index contributed by atoms with van der Waals surface area (Å²) in [4.78, 5) is 4.62. The van der Waals surface area contributed by atoms with Crippen LogP contribution in [0.3, 0.4) is 0 Å². The van der Waals surface area contributed by atoms with E-state index in [1.54, 1.807) is 19.2 Å². The summed E-state index contributed by atoms with van der Waals surface area (Å²) < 4.78 is 29.2. The number of anilines is 1. The van der Waals surface area contributed by atoms with Crippen LogP contribution in [-0.4, -0.2) is 45.5 Å². The monoisotopic (exact) mass is 545 g/mol. The Balaban J connectivity index is 0.00000480. The molecule has 2 aromatic carbocycles. The molecule has 0 spiro atoms. The second-order valence-electron chi connectivity index (χ2n) is 6.99. The zero-order valence-electron chi connectivity index (χ0n) is 18.4. The molecule has 2 N–H and O–H groups in total. The van der Waals surface area contributed by atoms with E-state index in [0.29, 0.717) is 38.9 Å². The molecule has 6 nitrogen and oxygen atoms in total. The Hall–Kier alpha value is -1.91. The summed E-state index contributed by atoms with van der Waals surface area (Å²) in [6, 6.07) is 14.1. The predicted molar refractivity (Wildman–Crippen MR) is 134 cm³/mol. The van der Waals surface area contributed by atoms with Crippen molar-refractivity contribution < 1.29 is 18.6 Å². The van der Waals surface area contributed by atoms with Crippen molar-refractivity contribution >= 4 is 35.6 Å². The number of hydrogen-bond donors (Lipinski definition) is 2. The number of nitrogens with zero attached hydrogens (tertiary/aromatic N) is 1. The number of guanidine groups is 1. The molecule has 0 aliphatic carbocycles. The lowest BCUT2D eigenvalue weighted by atomic mass is 10.2. The normalized spacial score (nSPS) is 11.2. The van der Waals surface area contributed by atoms with Crippen molar-refractivity contribution in [2.75, 3.05) is 38.8 Å². The third-order valence-electron chi connectivity index (χ3n) is 4.01. The lowest BCUT2D eigenvalue weighted by molar-refractivity contribution is 0.0699. The van der Waals surface area contributed by atoms with Crippen LogP contribution in [0.4, 0.5) is 10.1 Å². The van der Waals surface area contributed by atoms with Gasteiger partial charge in [0.2, 0.25) is 0 Å². The molecule has 0 bridgehead atoms. The number of methoxy groups -OCH3 is 1. The van der Waals surface area contributed by atoms with Crippen molar-refractivity contribution in [3.05, 3.63) is 59.9 Å². The summed E-state index contributed by atoms with van der Waals surface area (Å²) >= 11 is 0. The van der Waals surface area contributed by atoms with E-state index in [1.807, 2.05) is 38.1 Å². The number of halogens is 2. The minimum atomic E-state index is -0.253.